The van der Waals surface area contributed by atoms with Gasteiger partial charge in [-0.2, -0.15) is 5.26 Å². The molecule has 3 rings (SSSR count). The van der Waals surface area contributed by atoms with Crippen molar-refractivity contribution in [3.8, 4) is 6.07 Å². The van der Waals surface area contributed by atoms with Gasteiger partial charge < -0.3 is 0 Å². The summed E-state index contributed by atoms with van der Waals surface area (Å²) in [5.74, 6) is -0.0666. The van der Waals surface area contributed by atoms with E-state index in [-0.39, 0.29) is 22.8 Å². The lowest BCUT2D eigenvalue weighted by molar-refractivity contribution is 0.595. The van der Waals surface area contributed by atoms with Crippen LogP contribution in [-0.4, -0.2) is 23.7 Å². The first-order chi connectivity index (χ1) is 12.8. The summed E-state index contributed by atoms with van der Waals surface area (Å²) in [7, 11) is -3.50. The summed E-state index contributed by atoms with van der Waals surface area (Å²) in [6.45, 7) is 3.45. The van der Waals surface area contributed by atoms with Crippen LogP contribution in [0.2, 0.25) is 0 Å². The standard InChI is InChI=1S/C19H16BrN3O3S/c1-3-27(25,26)17-5-4-13(9-21)8-14(17)10-23-11-22-18-15(19(23)24)6-12(2)7-16(18)20/h4-8,11H,3,10H2,1-2H3. The summed E-state index contributed by atoms with van der Waals surface area (Å²) in [6, 6.07) is 10.0. The van der Waals surface area contributed by atoms with Crippen LogP contribution in [0.15, 0.2) is 50.8 Å². The zero-order chi connectivity index (χ0) is 19.8. The van der Waals surface area contributed by atoms with Crippen LogP contribution in [0.25, 0.3) is 10.9 Å². The lowest BCUT2D eigenvalue weighted by atomic mass is 10.1. The van der Waals surface area contributed by atoms with Gasteiger partial charge >= 0.3 is 0 Å². The molecule has 6 nitrogen and oxygen atoms in total. The fraction of sp³-hybridized carbons (Fsp3) is 0.211. The molecule has 0 saturated carbocycles. The molecule has 0 bridgehead atoms. The summed E-state index contributed by atoms with van der Waals surface area (Å²) >= 11 is 3.41. The number of nitriles is 1. The van der Waals surface area contributed by atoms with E-state index in [4.69, 9.17) is 5.26 Å². The Morgan fingerprint density at radius 1 is 1.26 bits per heavy atom. The summed E-state index contributed by atoms with van der Waals surface area (Å²) in [5, 5.41) is 9.60. The number of nitrogens with zero attached hydrogens (tertiary/aromatic N) is 3. The zero-order valence-electron chi connectivity index (χ0n) is 14.7. The van der Waals surface area contributed by atoms with E-state index >= 15 is 0 Å². The fourth-order valence-electron chi connectivity index (χ4n) is 2.89. The Kier molecular flexibility index (Phi) is 5.18. The van der Waals surface area contributed by atoms with E-state index in [1.165, 1.54) is 29.1 Å². The van der Waals surface area contributed by atoms with Gasteiger partial charge in [0.1, 0.15) is 0 Å². The van der Waals surface area contributed by atoms with E-state index in [1.807, 2.05) is 19.1 Å². The molecule has 0 atom stereocenters. The van der Waals surface area contributed by atoms with Crippen LogP contribution in [0.4, 0.5) is 0 Å². The molecular formula is C19H16BrN3O3S. The van der Waals surface area contributed by atoms with E-state index in [9.17, 15) is 13.2 Å². The molecule has 0 unspecified atom stereocenters. The van der Waals surface area contributed by atoms with Gasteiger partial charge in [-0.05, 0) is 64.3 Å². The molecule has 0 aliphatic rings. The molecule has 0 fully saturated rings. The average Bonchev–Trinajstić information content (AvgIpc) is 2.64. The predicted molar refractivity (Wildman–Crippen MR) is 106 cm³/mol. The van der Waals surface area contributed by atoms with Crippen LogP contribution in [0.5, 0.6) is 0 Å². The number of halogens is 1. The predicted octanol–water partition coefficient (Wildman–Crippen LogP) is 3.18. The molecule has 0 saturated heterocycles. The molecule has 0 N–H and O–H groups in total. The fourth-order valence-corrected chi connectivity index (χ4v) is 4.68. The Morgan fingerprint density at radius 2 is 2.00 bits per heavy atom. The molecule has 1 aromatic heterocycles. The van der Waals surface area contributed by atoms with Gasteiger partial charge in [-0.15, -0.1) is 0 Å². The Balaban J connectivity index is 2.20. The number of aromatic nitrogens is 2. The van der Waals surface area contributed by atoms with E-state index < -0.39 is 9.84 Å². The minimum absolute atomic E-state index is 0.0113. The lowest BCUT2D eigenvalue weighted by Crippen LogP contribution is -2.22. The Morgan fingerprint density at radius 3 is 2.67 bits per heavy atom. The van der Waals surface area contributed by atoms with Gasteiger partial charge in [0.05, 0.1) is 46.1 Å². The number of hydrogen-bond acceptors (Lipinski definition) is 5. The first kappa shape index (κ1) is 19.3. The normalized spacial score (nSPS) is 11.5. The highest BCUT2D eigenvalue weighted by atomic mass is 79.9. The van der Waals surface area contributed by atoms with Crippen molar-refractivity contribution < 1.29 is 8.42 Å². The maximum absolute atomic E-state index is 12.9. The van der Waals surface area contributed by atoms with Crippen molar-refractivity contribution in [1.29, 1.82) is 5.26 Å². The highest BCUT2D eigenvalue weighted by Crippen LogP contribution is 2.23. The summed E-state index contributed by atoms with van der Waals surface area (Å²) in [4.78, 5) is 17.4. The van der Waals surface area contributed by atoms with E-state index in [0.29, 0.717) is 22.0 Å². The van der Waals surface area contributed by atoms with E-state index in [1.54, 1.807) is 13.0 Å². The molecule has 138 valence electrons. The van der Waals surface area contributed by atoms with Crippen molar-refractivity contribution in [2.45, 2.75) is 25.3 Å². The maximum Gasteiger partial charge on any atom is 0.261 e. The molecule has 27 heavy (non-hydrogen) atoms. The maximum atomic E-state index is 12.9. The molecule has 0 aliphatic carbocycles. The third-order valence-electron chi connectivity index (χ3n) is 4.27. The molecule has 2 aromatic carbocycles. The second kappa shape index (κ2) is 7.25. The highest BCUT2D eigenvalue weighted by molar-refractivity contribution is 9.10. The van der Waals surface area contributed by atoms with Gasteiger partial charge in [0.25, 0.3) is 5.56 Å². The third-order valence-corrected chi connectivity index (χ3v) is 6.70. The van der Waals surface area contributed by atoms with Crippen molar-refractivity contribution in [3.63, 3.8) is 0 Å². The molecule has 0 radical (unpaired) electrons. The Bertz CT molecular complexity index is 1260. The topological polar surface area (TPSA) is 92.8 Å². The second-order valence-corrected chi connectivity index (χ2v) is 9.26. The molecule has 0 spiro atoms. The molecule has 0 aliphatic heterocycles. The van der Waals surface area contributed by atoms with Crippen molar-refractivity contribution in [1.82, 2.24) is 9.55 Å². The number of aryl methyl sites for hydroxylation is 1. The van der Waals surface area contributed by atoms with Crippen LogP contribution in [0.1, 0.15) is 23.6 Å². The van der Waals surface area contributed by atoms with E-state index in [0.717, 1.165) is 10.0 Å². The van der Waals surface area contributed by atoms with Crippen LogP contribution >= 0.6 is 15.9 Å². The zero-order valence-corrected chi connectivity index (χ0v) is 17.1. The third kappa shape index (κ3) is 3.66. The van der Waals surface area contributed by atoms with Crippen LogP contribution in [0.3, 0.4) is 0 Å². The van der Waals surface area contributed by atoms with Crippen LogP contribution < -0.4 is 5.56 Å². The largest absolute Gasteiger partial charge is 0.294 e. The van der Waals surface area contributed by atoms with Gasteiger partial charge in [0, 0.05) is 4.47 Å². The minimum Gasteiger partial charge on any atom is -0.294 e. The average molecular weight is 446 g/mol. The van der Waals surface area contributed by atoms with Crippen molar-refractivity contribution in [2.24, 2.45) is 0 Å². The monoisotopic (exact) mass is 445 g/mol. The number of benzene rings is 2. The van der Waals surface area contributed by atoms with E-state index in [2.05, 4.69) is 20.9 Å². The number of hydrogen-bond donors (Lipinski definition) is 0. The van der Waals surface area contributed by atoms with Gasteiger partial charge in [0.15, 0.2) is 9.84 Å². The van der Waals surface area contributed by atoms with Gasteiger partial charge in [-0.25, -0.2) is 13.4 Å². The van der Waals surface area contributed by atoms with Crippen molar-refractivity contribution >= 4 is 36.7 Å². The highest BCUT2D eigenvalue weighted by Gasteiger charge is 2.18. The quantitative estimate of drug-likeness (QED) is 0.614. The summed E-state index contributed by atoms with van der Waals surface area (Å²) in [6.07, 6.45) is 1.39. The summed E-state index contributed by atoms with van der Waals surface area (Å²) in [5.41, 5.74) is 1.92. The smallest absolute Gasteiger partial charge is 0.261 e. The number of rotatable bonds is 4. The molecule has 8 heteroatoms. The van der Waals surface area contributed by atoms with Crippen molar-refractivity contribution in [3.05, 3.63) is 68.2 Å². The Labute approximate surface area is 165 Å². The van der Waals surface area contributed by atoms with Crippen LogP contribution in [-0.2, 0) is 16.4 Å². The first-order valence-electron chi connectivity index (χ1n) is 8.18. The van der Waals surface area contributed by atoms with Gasteiger partial charge in [-0.1, -0.05) is 6.92 Å². The number of fused-ring (bicyclic) bond motifs is 1. The number of sulfone groups is 1. The Hall–Kier alpha value is -2.50. The second-order valence-electron chi connectivity index (χ2n) is 6.16. The molecule has 1 heterocycles. The summed E-state index contributed by atoms with van der Waals surface area (Å²) < 4.78 is 26.9. The van der Waals surface area contributed by atoms with Crippen molar-refractivity contribution in [2.75, 3.05) is 5.75 Å². The molecule has 3 aromatic rings. The van der Waals surface area contributed by atoms with Gasteiger partial charge in [0.2, 0.25) is 0 Å². The van der Waals surface area contributed by atoms with Gasteiger partial charge in [-0.3, -0.25) is 9.36 Å². The lowest BCUT2D eigenvalue weighted by Gasteiger charge is -2.12. The first-order valence-corrected chi connectivity index (χ1v) is 10.6. The van der Waals surface area contributed by atoms with Crippen LogP contribution in [0, 0.1) is 18.3 Å². The SMILES string of the molecule is CCS(=O)(=O)c1ccc(C#N)cc1Cn1cnc2c(Br)cc(C)cc2c1=O. The minimum atomic E-state index is -3.50. The molecular weight excluding hydrogens is 430 g/mol. The molecule has 0 amide bonds.